The van der Waals surface area contributed by atoms with Gasteiger partial charge in [0.1, 0.15) is 5.76 Å². The Morgan fingerprint density at radius 1 is 1.33 bits per heavy atom. The van der Waals surface area contributed by atoms with Crippen LogP contribution in [0, 0.1) is 0 Å². The van der Waals surface area contributed by atoms with E-state index in [9.17, 15) is 0 Å². The maximum atomic E-state index is 6.20. The maximum Gasteiger partial charge on any atom is 0.152 e. The van der Waals surface area contributed by atoms with Crippen molar-refractivity contribution in [2.75, 3.05) is 12.8 Å². The van der Waals surface area contributed by atoms with Crippen molar-refractivity contribution in [2.45, 2.75) is 43.4 Å². The molecule has 1 aromatic heterocycles. The van der Waals surface area contributed by atoms with Crippen molar-refractivity contribution >= 4 is 34.3 Å². The highest BCUT2D eigenvalue weighted by molar-refractivity contribution is 7.99. The van der Waals surface area contributed by atoms with Crippen molar-refractivity contribution in [1.82, 2.24) is 5.32 Å². The zero-order valence-electron chi connectivity index (χ0n) is 12.4. The summed E-state index contributed by atoms with van der Waals surface area (Å²) in [6.07, 6.45) is 6.93. The summed E-state index contributed by atoms with van der Waals surface area (Å²) < 4.78 is 5.98. The summed E-state index contributed by atoms with van der Waals surface area (Å²) >= 11 is 8.28. The highest BCUT2D eigenvalue weighted by atomic mass is 35.5. The molecule has 0 radical (unpaired) electrons. The predicted octanol–water partition coefficient (Wildman–Crippen LogP) is 5.41. The molecule has 1 aromatic carbocycles. The van der Waals surface area contributed by atoms with E-state index in [2.05, 4.69) is 29.2 Å². The molecule has 3 rings (SSSR count). The molecule has 1 aliphatic rings. The van der Waals surface area contributed by atoms with Crippen LogP contribution in [0.2, 0.25) is 5.02 Å². The molecule has 2 aromatic rings. The van der Waals surface area contributed by atoms with Crippen LogP contribution < -0.4 is 5.32 Å². The monoisotopic (exact) mass is 323 g/mol. The van der Waals surface area contributed by atoms with E-state index >= 15 is 0 Å². The Labute approximate surface area is 135 Å². The zero-order valence-corrected chi connectivity index (χ0v) is 14.0. The molecule has 1 saturated carbocycles. The number of hydrogen-bond acceptors (Lipinski definition) is 3. The molecule has 0 spiro atoms. The van der Waals surface area contributed by atoms with Crippen LogP contribution in [0.1, 0.15) is 43.9 Å². The van der Waals surface area contributed by atoms with Gasteiger partial charge in [0.25, 0.3) is 0 Å². The van der Waals surface area contributed by atoms with Crippen molar-refractivity contribution in [1.29, 1.82) is 0 Å². The summed E-state index contributed by atoms with van der Waals surface area (Å²) in [6.45, 7) is 0. The first-order chi connectivity index (χ1) is 10.3. The topological polar surface area (TPSA) is 25.2 Å². The molecular formula is C17H22ClNOS. The average molecular weight is 324 g/mol. The Kier molecular flexibility index (Phi) is 5.15. The van der Waals surface area contributed by atoms with Crippen LogP contribution in [0.3, 0.4) is 0 Å². The van der Waals surface area contributed by atoms with Gasteiger partial charge in [-0.15, -0.1) is 0 Å². The lowest BCUT2D eigenvalue weighted by atomic mass is 10.0. The number of rotatable bonds is 5. The molecule has 1 aliphatic carbocycles. The van der Waals surface area contributed by atoms with Gasteiger partial charge in [0.15, 0.2) is 5.58 Å². The van der Waals surface area contributed by atoms with Crippen LogP contribution in [0.4, 0.5) is 0 Å². The molecule has 0 aliphatic heterocycles. The van der Waals surface area contributed by atoms with E-state index in [1.807, 2.05) is 19.2 Å². The van der Waals surface area contributed by atoms with Gasteiger partial charge in [-0.05, 0) is 32.0 Å². The molecule has 0 saturated heterocycles. The normalized spacial score (nSPS) is 18.2. The molecule has 2 nitrogen and oxygen atoms in total. The SMILES string of the molecule is CNC(CSC1CCCCC1)c1cc2cccc(Cl)c2o1. The van der Waals surface area contributed by atoms with E-state index in [0.29, 0.717) is 5.02 Å². The summed E-state index contributed by atoms with van der Waals surface area (Å²) in [5.41, 5.74) is 0.803. The van der Waals surface area contributed by atoms with Gasteiger partial charge in [0, 0.05) is 16.4 Å². The molecular weight excluding hydrogens is 302 g/mol. The maximum absolute atomic E-state index is 6.20. The first-order valence-electron chi connectivity index (χ1n) is 7.75. The van der Waals surface area contributed by atoms with E-state index < -0.39 is 0 Å². The smallest absolute Gasteiger partial charge is 0.152 e. The average Bonchev–Trinajstić information content (AvgIpc) is 2.94. The number of halogens is 1. The Morgan fingerprint density at radius 3 is 2.86 bits per heavy atom. The Bertz CT molecular complexity index is 591. The highest BCUT2D eigenvalue weighted by Crippen LogP contribution is 2.33. The molecule has 1 N–H and O–H groups in total. The predicted molar refractivity (Wildman–Crippen MR) is 92.4 cm³/mol. The van der Waals surface area contributed by atoms with Crippen LogP contribution in [0.15, 0.2) is 28.7 Å². The summed E-state index contributed by atoms with van der Waals surface area (Å²) in [7, 11) is 2.00. The standard InChI is InChI=1S/C17H22ClNOS/c1-19-15(11-21-13-7-3-2-4-8-13)16-10-12-6-5-9-14(18)17(12)20-16/h5-6,9-10,13,15,19H,2-4,7-8,11H2,1H3. The third-order valence-electron chi connectivity index (χ3n) is 4.26. The van der Waals surface area contributed by atoms with Gasteiger partial charge >= 0.3 is 0 Å². The number of furan rings is 1. The van der Waals surface area contributed by atoms with Crippen molar-refractivity contribution < 1.29 is 4.42 Å². The van der Waals surface area contributed by atoms with Gasteiger partial charge in [-0.25, -0.2) is 0 Å². The third-order valence-corrected chi connectivity index (χ3v) is 6.02. The first-order valence-corrected chi connectivity index (χ1v) is 9.17. The second kappa shape index (κ2) is 7.08. The molecule has 0 amide bonds. The number of nitrogens with one attached hydrogen (secondary N) is 1. The van der Waals surface area contributed by atoms with Crippen LogP contribution in [-0.2, 0) is 0 Å². The molecule has 1 fully saturated rings. The van der Waals surface area contributed by atoms with E-state index in [1.54, 1.807) is 0 Å². The minimum atomic E-state index is 0.250. The fourth-order valence-electron chi connectivity index (χ4n) is 2.99. The van der Waals surface area contributed by atoms with Crippen molar-refractivity contribution in [3.63, 3.8) is 0 Å². The number of thioether (sulfide) groups is 1. The quantitative estimate of drug-likeness (QED) is 0.796. The Morgan fingerprint density at radius 2 is 2.14 bits per heavy atom. The first kappa shape index (κ1) is 15.3. The molecule has 0 bridgehead atoms. The van der Waals surface area contributed by atoms with Crippen molar-refractivity contribution in [3.05, 3.63) is 35.0 Å². The molecule has 1 heterocycles. The van der Waals surface area contributed by atoms with Gasteiger partial charge in [0.2, 0.25) is 0 Å². The third kappa shape index (κ3) is 3.58. The number of hydrogen-bond donors (Lipinski definition) is 1. The van der Waals surface area contributed by atoms with Crippen LogP contribution in [0.5, 0.6) is 0 Å². The van der Waals surface area contributed by atoms with Crippen LogP contribution in [0.25, 0.3) is 11.0 Å². The van der Waals surface area contributed by atoms with E-state index in [0.717, 1.165) is 27.7 Å². The molecule has 114 valence electrons. The van der Waals surface area contributed by atoms with Crippen LogP contribution >= 0.6 is 23.4 Å². The van der Waals surface area contributed by atoms with Gasteiger partial charge in [-0.1, -0.05) is 43.0 Å². The fraction of sp³-hybridized carbons (Fsp3) is 0.529. The minimum absolute atomic E-state index is 0.250. The molecule has 4 heteroatoms. The number of benzene rings is 1. The second-order valence-corrected chi connectivity index (χ2v) is 7.48. The lowest BCUT2D eigenvalue weighted by molar-refractivity contribution is 0.476. The zero-order chi connectivity index (χ0) is 14.7. The summed E-state index contributed by atoms with van der Waals surface area (Å²) in [6, 6.07) is 8.26. The Hall–Kier alpha value is -0.640. The lowest BCUT2D eigenvalue weighted by Gasteiger charge is -2.23. The van der Waals surface area contributed by atoms with Crippen molar-refractivity contribution in [2.24, 2.45) is 0 Å². The van der Waals surface area contributed by atoms with Gasteiger partial charge in [-0.2, -0.15) is 11.8 Å². The number of para-hydroxylation sites is 1. The van der Waals surface area contributed by atoms with Gasteiger partial charge in [0.05, 0.1) is 11.1 Å². The van der Waals surface area contributed by atoms with E-state index in [4.69, 9.17) is 16.0 Å². The van der Waals surface area contributed by atoms with Gasteiger partial charge in [-0.3, -0.25) is 0 Å². The summed E-state index contributed by atoms with van der Waals surface area (Å²) in [5.74, 6) is 2.04. The molecule has 1 unspecified atom stereocenters. The molecule has 21 heavy (non-hydrogen) atoms. The second-order valence-electron chi connectivity index (χ2n) is 5.74. The van der Waals surface area contributed by atoms with E-state index in [-0.39, 0.29) is 6.04 Å². The van der Waals surface area contributed by atoms with Crippen molar-refractivity contribution in [3.8, 4) is 0 Å². The number of fused-ring (bicyclic) bond motifs is 1. The van der Waals surface area contributed by atoms with Gasteiger partial charge < -0.3 is 9.73 Å². The van der Waals surface area contributed by atoms with Crippen LogP contribution in [-0.4, -0.2) is 18.1 Å². The summed E-state index contributed by atoms with van der Waals surface area (Å²) in [4.78, 5) is 0. The summed E-state index contributed by atoms with van der Waals surface area (Å²) in [5, 5.41) is 5.97. The van der Waals surface area contributed by atoms with E-state index in [1.165, 1.54) is 32.1 Å². The Balaban J connectivity index is 1.70. The lowest BCUT2D eigenvalue weighted by Crippen LogP contribution is -2.20. The fourth-order valence-corrected chi connectivity index (χ4v) is 4.67. The molecule has 1 atom stereocenters. The largest absolute Gasteiger partial charge is 0.458 e. The minimum Gasteiger partial charge on any atom is -0.458 e. The highest BCUT2D eigenvalue weighted by Gasteiger charge is 2.19.